The van der Waals surface area contributed by atoms with Gasteiger partial charge in [0.2, 0.25) is 5.91 Å². The monoisotopic (exact) mass is 122 g/mol. The van der Waals surface area contributed by atoms with E-state index in [1.807, 2.05) is 0 Å². The molecule has 0 atom stereocenters. The zero-order valence-electron chi connectivity index (χ0n) is 8.76. The zero-order valence-corrected chi connectivity index (χ0v) is 3.76. The summed E-state index contributed by atoms with van der Waals surface area (Å²) >= 11 is 0. The van der Waals surface area contributed by atoms with Crippen LogP contribution in [-0.2, 0) is 9.59 Å². The fraction of sp³-hybridized carbons (Fsp3) is 0.500. The third-order valence-corrected chi connectivity index (χ3v) is 0.283. The molecule has 0 aliphatic carbocycles. The van der Waals surface area contributed by atoms with Gasteiger partial charge in [-0.15, -0.1) is 0 Å². The standard InChI is InChI=1S/C4H7NO3/c1-3(6)5-2-4(7)8/h2H2,1H3,(H,5,6)(H,7,8)/i1D3,2D2. The molecule has 0 saturated carbocycles. The van der Waals surface area contributed by atoms with Crippen molar-refractivity contribution < 1.29 is 21.5 Å². The molecule has 46 valence electrons. The fourth-order valence-electron chi connectivity index (χ4n) is 0.110. The highest BCUT2D eigenvalue weighted by Crippen LogP contribution is 1.60. The molecule has 4 nitrogen and oxygen atoms in total. The molecule has 8 heavy (non-hydrogen) atoms. The average Bonchev–Trinajstić information content (AvgIpc) is 1.83. The van der Waals surface area contributed by atoms with Crippen LogP contribution in [0, 0.1) is 0 Å². The molecule has 0 radical (unpaired) electrons. The van der Waals surface area contributed by atoms with Crippen LogP contribution in [0.1, 0.15) is 13.7 Å². The minimum atomic E-state index is -3.06. The maximum Gasteiger partial charge on any atom is 0.322 e. The van der Waals surface area contributed by atoms with Gasteiger partial charge in [-0.1, -0.05) is 0 Å². The number of nitrogens with one attached hydrogen (secondary N) is 1. The Bertz CT molecular complexity index is 234. The Morgan fingerprint density at radius 3 is 3.00 bits per heavy atom. The van der Waals surface area contributed by atoms with Gasteiger partial charge in [0.25, 0.3) is 0 Å². The first-order chi connectivity index (χ1) is 5.57. The Morgan fingerprint density at radius 1 is 2.00 bits per heavy atom. The lowest BCUT2D eigenvalue weighted by Crippen LogP contribution is -2.26. The highest BCUT2D eigenvalue weighted by Gasteiger charge is 1.94. The fourth-order valence-corrected chi connectivity index (χ4v) is 0.110. The van der Waals surface area contributed by atoms with E-state index in [2.05, 4.69) is 0 Å². The molecule has 0 unspecified atom stereocenters. The van der Waals surface area contributed by atoms with Crippen molar-refractivity contribution in [2.45, 2.75) is 6.85 Å². The van der Waals surface area contributed by atoms with E-state index in [0.717, 1.165) is 0 Å². The van der Waals surface area contributed by atoms with Gasteiger partial charge in [-0.25, -0.2) is 0 Å². The number of rotatable bonds is 2. The SMILES string of the molecule is [2H]C([2H])([2H])C(=O)NC([2H])([2H])C(=O)O. The van der Waals surface area contributed by atoms with Crippen molar-refractivity contribution in [3.63, 3.8) is 0 Å². The first kappa shape index (κ1) is 2.05. The number of amides is 1. The van der Waals surface area contributed by atoms with Gasteiger partial charge in [-0.2, -0.15) is 0 Å². The number of hydrogen-bond acceptors (Lipinski definition) is 2. The van der Waals surface area contributed by atoms with E-state index in [4.69, 9.17) is 12.0 Å². The van der Waals surface area contributed by atoms with E-state index in [9.17, 15) is 9.59 Å². The molecule has 0 aliphatic heterocycles. The Hall–Kier alpha value is -1.06. The largest absolute Gasteiger partial charge is 0.480 e. The molecule has 0 heterocycles. The predicted octanol–water partition coefficient (Wildman–Crippen LogP) is -0.793. The van der Waals surface area contributed by atoms with Gasteiger partial charge in [-0.3, -0.25) is 9.59 Å². The molecule has 0 aliphatic rings. The van der Waals surface area contributed by atoms with Crippen LogP contribution < -0.4 is 5.32 Å². The first-order valence-corrected chi connectivity index (χ1v) is 1.63. The lowest BCUT2D eigenvalue weighted by molar-refractivity contribution is -0.137. The summed E-state index contributed by atoms with van der Waals surface area (Å²) in [6, 6.07) is 0. The number of carboxylic acid groups (broad SMARTS) is 1. The van der Waals surface area contributed by atoms with Gasteiger partial charge in [0.1, 0.15) is 6.50 Å². The molecular weight excluding hydrogens is 110 g/mol. The highest BCUT2D eigenvalue weighted by molar-refractivity contribution is 5.79. The van der Waals surface area contributed by atoms with E-state index >= 15 is 0 Å². The summed E-state index contributed by atoms with van der Waals surface area (Å²) in [5.41, 5.74) is 0. The molecule has 0 rings (SSSR count). The Balaban J connectivity index is 4.47. The van der Waals surface area contributed by atoms with Crippen molar-refractivity contribution in [2.75, 3.05) is 6.50 Å². The summed E-state index contributed by atoms with van der Waals surface area (Å²) in [6.45, 7) is -6.12. The van der Waals surface area contributed by atoms with Crippen LogP contribution in [0.2, 0.25) is 0 Å². The maximum atomic E-state index is 10.6. The summed E-state index contributed by atoms with van der Waals surface area (Å²) in [6.07, 6.45) is 0. The number of carboxylic acids is 1. The smallest absolute Gasteiger partial charge is 0.322 e. The van der Waals surface area contributed by atoms with Crippen LogP contribution in [0.15, 0.2) is 0 Å². The Labute approximate surface area is 53.5 Å². The second-order valence-electron chi connectivity index (χ2n) is 0.884. The zero-order chi connectivity index (χ0) is 10.9. The molecule has 4 heteroatoms. The van der Waals surface area contributed by atoms with Crippen molar-refractivity contribution in [2.24, 2.45) is 0 Å². The van der Waals surface area contributed by atoms with Crippen molar-refractivity contribution in [1.82, 2.24) is 5.32 Å². The third-order valence-electron chi connectivity index (χ3n) is 0.283. The molecule has 0 aromatic heterocycles. The van der Waals surface area contributed by atoms with Crippen LogP contribution in [-0.4, -0.2) is 23.5 Å². The average molecular weight is 122 g/mol. The van der Waals surface area contributed by atoms with E-state index in [1.54, 1.807) is 0 Å². The molecule has 0 aromatic carbocycles. The molecule has 2 N–H and O–H groups in total. The highest BCUT2D eigenvalue weighted by atomic mass is 16.4. The number of aliphatic carboxylic acids is 1. The minimum Gasteiger partial charge on any atom is -0.480 e. The number of carbonyl (C=O) groups is 2. The molecule has 0 fully saturated rings. The third kappa shape index (κ3) is 4.94. The van der Waals surface area contributed by atoms with Crippen molar-refractivity contribution in [1.29, 1.82) is 0 Å². The lowest BCUT2D eigenvalue weighted by Gasteiger charge is -1.92. The molecule has 1 amide bonds. The van der Waals surface area contributed by atoms with Crippen LogP contribution in [0.25, 0.3) is 0 Å². The van der Waals surface area contributed by atoms with Gasteiger partial charge in [-0.05, 0) is 0 Å². The Kier molecular flexibility index (Phi) is 0.770. The minimum absolute atomic E-state index is 1.23. The van der Waals surface area contributed by atoms with Gasteiger partial charge in [0.15, 0.2) is 0 Å². The van der Waals surface area contributed by atoms with Gasteiger partial charge in [0.05, 0.1) is 2.74 Å². The summed E-state index contributed by atoms with van der Waals surface area (Å²) in [5, 5.41) is 9.41. The van der Waals surface area contributed by atoms with Gasteiger partial charge in [0, 0.05) is 11.0 Å². The molecule has 0 bridgehead atoms. The summed E-state index contributed by atoms with van der Waals surface area (Å²) < 4.78 is 32.9. The van der Waals surface area contributed by atoms with Crippen LogP contribution in [0.3, 0.4) is 0 Å². The van der Waals surface area contributed by atoms with E-state index < -0.39 is 25.2 Å². The Morgan fingerprint density at radius 2 is 2.62 bits per heavy atom. The van der Waals surface area contributed by atoms with Crippen LogP contribution >= 0.6 is 0 Å². The van der Waals surface area contributed by atoms with E-state index in [-0.39, 0.29) is 0 Å². The molecule has 0 spiro atoms. The number of hydrogen-bond donors (Lipinski definition) is 2. The van der Waals surface area contributed by atoms with E-state index in [0.29, 0.717) is 0 Å². The maximum absolute atomic E-state index is 10.6. The number of carbonyl (C=O) groups excluding carboxylic acids is 1. The second kappa shape index (κ2) is 3.01. The summed E-state index contributed by atoms with van der Waals surface area (Å²) in [7, 11) is 0. The van der Waals surface area contributed by atoms with Crippen LogP contribution in [0.4, 0.5) is 0 Å². The lowest BCUT2D eigenvalue weighted by atomic mass is 10.6. The van der Waals surface area contributed by atoms with Crippen molar-refractivity contribution in [3.8, 4) is 0 Å². The normalized spacial score (nSPS) is 20.8. The topological polar surface area (TPSA) is 66.4 Å². The van der Waals surface area contributed by atoms with Gasteiger partial charge < -0.3 is 10.4 Å². The second-order valence-corrected chi connectivity index (χ2v) is 0.884. The first-order valence-electron chi connectivity index (χ1n) is 4.13. The summed E-state index contributed by atoms with van der Waals surface area (Å²) in [4.78, 5) is 20.7. The van der Waals surface area contributed by atoms with Crippen molar-refractivity contribution >= 4 is 11.9 Å². The molecular formula is C4H7NO3. The molecule has 0 aromatic rings. The molecule has 0 saturated heterocycles. The van der Waals surface area contributed by atoms with E-state index in [1.165, 1.54) is 5.32 Å². The quantitative estimate of drug-likeness (QED) is 0.504. The van der Waals surface area contributed by atoms with Gasteiger partial charge >= 0.3 is 5.97 Å². The van der Waals surface area contributed by atoms with Crippen molar-refractivity contribution in [3.05, 3.63) is 0 Å². The summed E-state index contributed by atoms with van der Waals surface area (Å²) in [5.74, 6) is -3.59. The van der Waals surface area contributed by atoms with Crippen LogP contribution in [0.5, 0.6) is 0 Å². The predicted molar refractivity (Wildman–Crippen MR) is 26.3 cm³/mol.